The van der Waals surface area contributed by atoms with Crippen LogP contribution in [0.25, 0.3) is 0 Å². The van der Waals surface area contributed by atoms with Gasteiger partial charge in [0.1, 0.15) is 5.75 Å². The highest BCUT2D eigenvalue weighted by molar-refractivity contribution is 7.92. The van der Waals surface area contributed by atoms with Gasteiger partial charge in [-0.15, -0.1) is 12.4 Å². The summed E-state index contributed by atoms with van der Waals surface area (Å²) in [4.78, 5) is 12.2. The van der Waals surface area contributed by atoms with Crippen LogP contribution in [0.2, 0.25) is 0 Å². The summed E-state index contributed by atoms with van der Waals surface area (Å²) < 4.78 is 32.7. The molecule has 0 aliphatic heterocycles. The van der Waals surface area contributed by atoms with Crippen molar-refractivity contribution in [3.8, 4) is 5.75 Å². The number of halogens is 1. The summed E-state index contributed by atoms with van der Waals surface area (Å²) in [7, 11) is -0.473. The van der Waals surface area contributed by atoms with Crippen LogP contribution in [0, 0.1) is 0 Å². The summed E-state index contributed by atoms with van der Waals surface area (Å²) in [5, 5.41) is 5.77. The van der Waals surface area contributed by atoms with Gasteiger partial charge in [-0.2, -0.15) is 0 Å². The number of hydrogen-bond acceptors (Lipinski definition) is 5. The molecule has 2 aromatic rings. The van der Waals surface area contributed by atoms with Crippen molar-refractivity contribution in [1.29, 1.82) is 0 Å². The van der Waals surface area contributed by atoms with Crippen LogP contribution in [0.1, 0.15) is 17.3 Å². The van der Waals surface area contributed by atoms with Gasteiger partial charge in [0.15, 0.2) is 0 Å². The summed E-state index contributed by atoms with van der Waals surface area (Å²) in [5.41, 5.74) is 0.689. The average Bonchev–Trinajstić information content (AvgIpc) is 2.66. The van der Waals surface area contributed by atoms with E-state index in [0.29, 0.717) is 18.0 Å². The van der Waals surface area contributed by atoms with Gasteiger partial charge in [-0.25, -0.2) is 8.42 Å². The fraction of sp³-hybridized carbons (Fsp3) is 0.278. The van der Waals surface area contributed by atoms with E-state index >= 15 is 0 Å². The zero-order valence-corrected chi connectivity index (χ0v) is 17.0. The molecule has 2 rings (SSSR count). The molecule has 148 valence electrons. The lowest BCUT2D eigenvalue weighted by Gasteiger charge is -2.12. The first kappa shape index (κ1) is 22.8. The van der Waals surface area contributed by atoms with Crippen molar-refractivity contribution in [2.24, 2.45) is 0 Å². The second kappa shape index (κ2) is 10.1. The Morgan fingerprint density at radius 2 is 1.81 bits per heavy atom. The molecule has 2 aromatic carbocycles. The third kappa shape index (κ3) is 6.42. The summed E-state index contributed by atoms with van der Waals surface area (Å²) in [6.07, 6.45) is 0. The first-order valence-electron chi connectivity index (χ1n) is 8.08. The van der Waals surface area contributed by atoms with Gasteiger partial charge in [0.25, 0.3) is 15.9 Å². The van der Waals surface area contributed by atoms with Crippen LogP contribution in [0.5, 0.6) is 5.75 Å². The van der Waals surface area contributed by atoms with E-state index in [9.17, 15) is 13.2 Å². The van der Waals surface area contributed by atoms with Gasteiger partial charge < -0.3 is 15.4 Å². The van der Waals surface area contributed by atoms with E-state index in [1.54, 1.807) is 43.4 Å². The van der Waals surface area contributed by atoms with Crippen LogP contribution < -0.4 is 20.1 Å². The second-order valence-electron chi connectivity index (χ2n) is 5.76. The van der Waals surface area contributed by atoms with Crippen molar-refractivity contribution in [2.75, 3.05) is 25.4 Å². The largest absolute Gasteiger partial charge is 0.497 e. The fourth-order valence-corrected chi connectivity index (χ4v) is 3.23. The molecule has 0 saturated carbocycles. The van der Waals surface area contributed by atoms with Gasteiger partial charge in [0.2, 0.25) is 0 Å². The highest BCUT2D eigenvalue weighted by Gasteiger charge is 2.17. The van der Waals surface area contributed by atoms with Gasteiger partial charge in [-0.05, 0) is 56.4 Å². The molecule has 1 amide bonds. The van der Waals surface area contributed by atoms with Gasteiger partial charge in [-0.1, -0.05) is 6.07 Å². The van der Waals surface area contributed by atoms with E-state index in [1.165, 1.54) is 19.2 Å². The molecule has 3 N–H and O–H groups in total. The van der Waals surface area contributed by atoms with E-state index in [-0.39, 0.29) is 34.8 Å². The number of carbonyl (C=O) groups excluding carboxylic acids is 1. The molecular formula is C18H24ClN3O4S. The molecule has 7 nitrogen and oxygen atoms in total. The van der Waals surface area contributed by atoms with Gasteiger partial charge in [-0.3, -0.25) is 9.52 Å². The number of methoxy groups -OCH3 is 1. The lowest BCUT2D eigenvalue weighted by atomic mass is 10.2. The second-order valence-corrected chi connectivity index (χ2v) is 7.44. The minimum atomic E-state index is -3.81. The number of hydrogen-bond donors (Lipinski definition) is 3. The molecule has 0 radical (unpaired) electrons. The molecule has 0 aromatic heterocycles. The van der Waals surface area contributed by atoms with Crippen molar-refractivity contribution in [3.05, 3.63) is 54.1 Å². The quantitative estimate of drug-likeness (QED) is 0.616. The Bertz CT molecular complexity index is 857. The summed E-state index contributed by atoms with van der Waals surface area (Å²) >= 11 is 0. The van der Waals surface area contributed by atoms with Crippen molar-refractivity contribution >= 4 is 34.0 Å². The van der Waals surface area contributed by atoms with E-state index in [4.69, 9.17) is 4.74 Å². The molecule has 27 heavy (non-hydrogen) atoms. The summed E-state index contributed by atoms with van der Waals surface area (Å²) in [5.74, 6) is 0.302. The van der Waals surface area contributed by atoms with E-state index in [2.05, 4.69) is 15.4 Å². The molecule has 1 unspecified atom stereocenters. The van der Waals surface area contributed by atoms with E-state index < -0.39 is 10.0 Å². The van der Waals surface area contributed by atoms with Gasteiger partial charge >= 0.3 is 0 Å². The maximum absolute atomic E-state index is 12.6. The minimum Gasteiger partial charge on any atom is -0.497 e. The summed E-state index contributed by atoms with van der Waals surface area (Å²) in [6, 6.07) is 12.5. The predicted molar refractivity (Wildman–Crippen MR) is 108 cm³/mol. The number of amides is 1. The molecule has 0 spiro atoms. The number of benzene rings is 2. The Balaban J connectivity index is 0.00000364. The number of ether oxygens (including phenoxy) is 1. The molecule has 0 bridgehead atoms. The van der Waals surface area contributed by atoms with Gasteiger partial charge in [0, 0.05) is 23.8 Å². The maximum atomic E-state index is 12.6. The normalized spacial score (nSPS) is 11.8. The highest BCUT2D eigenvalue weighted by Crippen LogP contribution is 2.20. The van der Waals surface area contributed by atoms with Crippen molar-refractivity contribution < 1.29 is 17.9 Å². The average molecular weight is 414 g/mol. The number of nitrogens with one attached hydrogen (secondary N) is 3. The molecule has 0 saturated heterocycles. The minimum absolute atomic E-state index is 0. The van der Waals surface area contributed by atoms with Crippen molar-refractivity contribution in [3.63, 3.8) is 0 Å². The zero-order valence-electron chi connectivity index (χ0n) is 15.4. The Kier molecular flexibility index (Phi) is 8.55. The first-order valence-corrected chi connectivity index (χ1v) is 9.56. The smallest absolute Gasteiger partial charge is 0.261 e. The SMILES string of the molecule is CNC(C)CNC(=O)c1cccc(S(=O)(=O)Nc2ccc(OC)cc2)c1.Cl. The maximum Gasteiger partial charge on any atom is 0.261 e. The lowest BCUT2D eigenvalue weighted by molar-refractivity contribution is 0.0950. The Morgan fingerprint density at radius 3 is 2.41 bits per heavy atom. The molecule has 0 heterocycles. The van der Waals surface area contributed by atoms with Gasteiger partial charge in [0.05, 0.1) is 12.0 Å². The van der Waals surface area contributed by atoms with Crippen LogP contribution in [0.4, 0.5) is 5.69 Å². The third-order valence-corrected chi connectivity index (χ3v) is 5.19. The zero-order chi connectivity index (χ0) is 19.2. The predicted octanol–water partition coefficient (Wildman–Crippen LogP) is 2.26. The van der Waals surface area contributed by atoms with Crippen molar-refractivity contribution in [1.82, 2.24) is 10.6 Å². The molecule has 1 atom stereocenters. The topological polar surface area (TPSA) is 96.5 Å². The monoisotopic (exact) mass is 413 g/mol. The van der Waals surface area contributed by atoms with E-state index in [1.807, 2.05) is 6.92 Å². The molecule has 0 aliphatic carbocycles. The van der Waals surface area contributed by atoms with Crippen LogP contribution in [-0.2, 0) is 10.0 Å². The van der Waals surface area contributed by atoms with Crippen molar-refractivity contribution in [2.45, 2.75) is 17.9 Å². The Labute approximate surface area is 166 Å². The standard InChI is InChI=1S/C18H23N3O4S.ClH/c1-13(19-2)12-20-18(22)14-5-4-6-17(11-14)26(23,24)21-15-7-9-16(25-3)10-8-15;/h4-11,13,19,21H,12H2,1-3H3,(H,20,22);1H. The highest BCUT2D eigenvalue weighted by atomic mass is 35.5. The number of sulfonamides is 1. The number of carbonyl (C=O) groups is 1. The number of likely N-dealkylation sites (N-methyl/N-ethyl adjacent to an activating group) is 1. The number of anilines is 1. The Morgan fingerprint density at radius 1 is 1.15 bits per heavy atom. The van der Waals surface area contributed by atoms with Crippen LogP contribution >= 0.6 is 12.4 Å². The summed E-state index contributed by atoms with van der Waals surface area (Å²) in [6.45, 7) is 2.37. The first-order chi connectivity index (χ1) is 12.4. The lowest BCUT2D eigenvalue weighted by Crippen LogP contribution is -2.37. The van der Waals surface area contributed by atoms with Crippen LogP contribution in [0.15, 0.2) is 53.4 Å². The van der Waals surface area contributed by atoms with E-state index in [0.717, 1.165) is 0 Å². The molecular weight excluding hydrogens is 390 g/mol. The Hall–Kier alpha value is -2.29. The fourth-order valence-electron chi connectivity index (χ4n) is 2.13. The molecule has 0 fully saturated rings. The third-order valence-electron chi connectivity index (χ3n) is 3.81. The van der Waals surface area contributed by atoms with Crippen LogP contribution in [-0.4, -0.2) is 41.1 Å². The van der Waals surface area contributed by atoms with Crippen LogP contribution in [0.3, 0.4) is 0 Å². The molecule has 9 heteroatoms. The number of rotatable bonds is 8. The molecule has 0 aliphatic rings.